The highest BCUT2D eigenvalue weighted by Gasteiger charge is 2.76. The van der Waals surface area contributed by atoms with E-state index in [0.29, 0.717) is 5.57 Å². The van der Waals surface area contributed by atoms with Crippen molar-refractivity contribution in [3.05, 3.63) is 75.6 Å². The van der Waals surface area contributed by atoms with Gasteiger partial charge in [0, 0.05) is 18.1 Å². The molecular weight excluding hydrogens is 648 g/mol. The Labute approximate surface area is 250 Å². The van der Waals surface area contributed by atoms with Gasteiger partial charge in [-0.2, -0.15) is 0 Å². The van der Waals surface area contributed by atoms with Gasteiger partial charge in [0.25, 0.3) is 17.5 Å². The molecule has 1 N–H and O–H groups in total. The van der Waals surface area contributed by atoms with Crippen LogP contribution in [0.4, 0.5) is 15.8 Å². The van der Waals surface area contributed by atoms with Gasteiger partial charge in [0.1, 0.15) is 0 Å². The molecule has 1 saturated carbocycles. The number of non-ortho nitro benzene ring substituents is 1. The van der Waals surface area contributed by atoms with Gasteiger partial charge in [-0.3, -0.25) is 34.2 Å². The minimum Gasteiger partial charge on any atom is -0.505 e. The van der Waals surface area contributed by atoms with Gasteiger partial charge in [-0.1, -0.05) is 39.7 Å². The number of phenolic OH excluding ortho intramolecular Hbond substituents is 1. The third-order valence-corrected chi connectivity index (χ3v) is 10.5. The second-order valence-corrected chi connectivity index (χ2v) is 12.2. The molecule has 0 unspecified atom stereocenters. The Morgan fingerprint density at radius 2 is 1.80 bits per heavy atom. The first kappa shape index (κ1) is 27.8. The number of phenols is 1. The number of carbonyl (C=O) groups is 4. The Morgan fingerprint density at radius 3 is 2.46 bits per heavy atom. The summed E-state index contributed by atoms with van der Waals surface area (Å²) in [5.74, 6) is -8.36. The van der Waals surface area contributed by atoms with E-state index in [1.165, 1.54) is 24.3 Å². The molecular formula is C27H19BrCl2FN3O7. The zero-order valence-electron chi connectivity index (χ0n) is 20.8. The number of hydrogen-bond acceptors (Lipinski definition) is 7. The molecule has 6 atom stereocenters. The summed E-state index contributed by atoms with van der Waals surface area (Å²) in [5.41, 5.74) is 0.114. The van der Waals surface area contributed by atoms with Gasteiger partial charge in [-0.15, -0.1) is 23.2 Å². The third-order valence-electron chi connectivity index (χ3n) is 8.62. The lowest BCUT2D eigenvalue weighted by atomic mass is 9.56. The van der Waals surface area contributed by atoms with E-state index in [1.807, 2.05) is 0 Å². The average Bonchev–Trinajstić information content (AvgIpc) is 3.28. The molecule has 2 aliphatic carbocycles. The van der Waals surface area contributed by atoms with Crippen LogP contribution in [0.25, 0.3) is 0 Å². The molecule has 2 saturated heterocycles. The summed E-state index contributed by atoms with van der Waals surface area (Å²) in [6.07, 6.45) is 1.48. The van der Waals surface area contributed by atoms with Crippen LogP contribution in [0.1, 0.15) is 24.3 Å². The first-order valence-corrected chi connectivity index (χ1v) is 14.3. The van der Waals surface area contributed by atoms with E-state index >= 15 is 0 Å². The van der Waals surface area contributed by atoms with Crippen molar-refractivity contribution in [1.82, 2.24) is 4.90 Å². The molecule has 3 fully saturated rings. The normalized spacial score (nSPS) is 32.5. The molecule has 4 aliphatic rings. The van der Waals surface area contributed by atoms with Crippen LogP contribution in [-0.2, 0) is 19.2 Å². The first-order valence-electron chi connectivity index (χ1n) is 12.5. The molecule has 0 aromatic heterocycles. The summed E-state index contributed by atoms with van der Waals surface area (Å²) in [7, 11) is 0. The Hall–Kier alpha value is -3.35. The second kappa shape index (κ2) is 9.33. The summed E-state index contributed by atoms with van der Waals surface area (Å²) in [4.78, 5) is 63.1. The number of allylic oxidation sites excluding steroid dienone is 2. The van der Waals surface area contributed by atoms with Crippen LogP contribution >= 0.6 is 39.1 Å². The molecule has 2 aromatic rings. The topological polar surface area (TPSA) is 138 Å². The molecule has 6 rings (SSSR count). The Bertz CT molecular complexity index is 1620. The van der Waals surface area contributed by atoms with Crippen LogP contribution in [0, 0.1) is 33.7 Å². The monoisotopic (exact) mass is 665 g/mol. The van der Waals surface area contributed by atoms with Crippen molar-refractivity contribution in [2.75, 3.05) is 10.4 Å². The Kier molecular flexibility index (Phi) is 6.33. The number of fused-ring (bicyclic) bond motifs is 4. The maximum Gasteiger partial charge on any atom is 0.271 e. The van der Waals surface area contributed by atoms with Crippen LogP contribution in [-0.4, -0.2) is 53.8 Å². The van der Waals surface area contributed by atoms with Crippen molar-refractivity contribution in [3.63, 3.8) is 0 Å². The van der Waals surface area contributed by atoms with E-state index in [4.69, 9.17) is 23.2 Å². The maximum absolute atomic E-state index is 14.6. The van der Waals surface area contributed by atoms with Crippen LogP contribution in [0.2, 0.25) is 0 Å². The minimum absolute atomic E-state index is 0.0305. The molecule has 2 heterocycles. The molecule has 2 aliphatic heterocycles. The van der Waals surface area contributed by atoms with Crippen molar-refractivity contribution in [2.24, 2.45) is 17.8 Å². The van der Waals surface area contributed by atoms with Crippen LogP contribution < -0.4 is 4.90 Å². The quantitative estimate of drug-likeness (QED) is 0.128. The van der Waals surface area contributed by atoms with Crippen molar-refractivity contribution >= 4 is 74.1 Å². The Balaban J connectivity index is 1.51. The van der Waals surface area contributed by atoms with Crippen LogP contribution in [0.5, 0.6) is 5.75 Å². The predicted molar refractivity (Wildman–Crippen MR) is 147 cm³/mol. The van der Waals surface area contributed by atoms with E-state index in [0.717, 1.165) is 28.0 Å². The summed E-state index contributed by atoms with van der Waals surface area (Å²) in [6.45, 7) is 0. The Morgan fingerprint density at radius 1 is 1.07 bits per heavy atom. The standard InChI is InChI=1S/C27H19BrCl2FN3O7/c28-11-32-24(38)26(29)10-17-15(21(27(26,30)25(32)39)12-4-7-19(35)18(31)8-12)5-6-16-20(17)23(37)33(22(16)36)13-2-1-3-14(9-13)34(40)41/h1-5,7-9,16-17,20-21,35H,6,10-11H2/t16-,17+,20-,21-,26+,27-/m0/s1. The number of nitro benzene ring substituents is 1. The zero-order valence-corrected chi connectivity index (χ0v) is 23.9. The fourth-order valence-corrected chi connectivity index (χ4v) is 8.26. The van der Waals surface area contributed by atoms with Gasteiger partial charge in [0.15, 0.2) is 21.3 Å². The van der Waals surface area contributed by atoms with Gasteiger partial charge in [-0.05, 0) is 42.5 Å². The molecule has 10 nitrogen and oxygen atoms in total. The number of aromatic hydroxyl groups is 1. The number of amides is 4. The zero-order chi connectivity index (χ0) is 29.6. The van der Waals surface area contributed by atoms with Crippen molar-refractivity contribution in [1.29, 1.82) is 0 Å². The van der Waals surface area contributed by atoms with E-state index < -0.39 is 73.5 Å². The van der Waals surface area contributed by atoms with Gasteiger partial charge in [0.05, 0.1) is 27.9 Å². The molecule has 4 amide bonds. The predicted octanol–water partition coefficient (Wildman–Crippen LogP) is 4.36. The smallest absolute Gasteiger partial charge is 0.271 e. The highest BCUT2D eigenvalue weighted by molar-refractivity contribution is 9.09. The fourth-order valence-electron chi connectivity index (χ4n) is 6.83. The number of carbonyl (C=O) groups excluding carboxylic acids is 4. The lowest BCUT2D eigenvalue weighted by molar-refractivity contribution is -0.384. The van der Waals surface area contributed by atoms with Crippen molar-refractivity contribution < 1.29 is 33.6 Å². The van der Waals surface area contributed by atoms with Crippen molar-refractivity contribution in [2.45, 2.75) is 28.5 Å². The molecule has 212 valence electrons. The van der Waals surface area contributed by atoms with Gasteiger partial charge >= 0.3 is 0 Å². The maximum atomic E-state index is 14.6. The number of halogens is 4. The van der Waals surface area contributed by atoms with Gasteiger partial charge in [-0.25, -0.2) is 9.29 Å². The lowest BCUT2D eigenvalue weighted by Crippen LogP contribution is -2.60. The van der Waals surface area contributed by atoms with E-state index in [1.54, 1.807) is 6.08 Å². The number of alkyl halides is 3. The third kappa shape index (κ3) is 3.59. The number of nitro groups is 1. The molecule has 2 aromatic carbocycles. The summed E-state index contributed by atoms with van der Waals surface area (Å²) in [5, 5.41) is 21.2. The molecule has 0 radical (unpaired) electrons. The van der Waals surface area contributed by atoms with Gasteiger partial charge in [0.2, 0.25) is 11.8 Å². The second-order valence-electron chi connectivity index (χ2n) is 10.5. The van der Waals surface area contributed by atoms with E-state index in [2.05, 4.69) is 15.9 Å². The number of hydrogen-bond donors (Lipinski definition) is 1. The van der Waals surface area contributed by atoms with Gasteiger partial charge < -0.3 is 5.11 Å². The highest BCUT2D eigenvalue weighted by atomic mass is 79.9. The van der Waals surface area contributed by atoms with Crippen molar-refractivity contribution in [3.8, 4) is 5.75 Å². The molecule has 41 heavy (non-hydrogen) atoms. The number of nitrogens with zero attached hydrogens (tertiary/aromatic N) is 3. The number of likely N-dealkylation sites (tertiary alicyclic amines) is 1. The number of anilines is 1. The van der Waals surface area contributed by atoms with Crippen LogP contribution in [0.15, 0.2) is 54.1 Å². The number of imide groups is 2. The largest absolute Gasteiger partial charge is 0.505 e. The molecule has 14 heteroatoms. The van der Waals surface area contributed by atoms with E-state index in [-0.39, 0.29) is 35.2 Å². The number of benzene rings is 2. The summed E-state index contributed by atoms with van der Waals surface area (Å²) >= 11 is 17.3. The van der Waals surface area contributed by atoms with Crippen LogP contribution in [0.3, 0.4) is 0 Å². The number of rotatable bonds is 4. The molecule has 0 bridgehead atoms. The van der Waals surface area contributed by atoms with E-state index in [9.17, 15) is 38.8 Å². The average molecular weight is 667 g/mol. The first-order chi connectivity index (χ1) is 19.4. The SMILES string of the molecule is O=C1[C@H]2[C@H](CC=C3[C@H]2C[C@@]2(Cl)C(=O)N(CBr)C(=O)[C@@]2(Cl)[C@H]3c2ccc(O)c(F)c2)C(=O)N1c1cccc([N+](=O)[O-])c1. The fraction of sp³-hybridized carbons (Fsp3) is 0.333. The lowest BCUT2D eigenvalue weighted by Gasteiger charge is -2.50. The highest BCUT2D eigenvalue weighted by Crippen LogP contribution is 2.65. The summed E-state index contributed by atoms with van der Waals surface area (Å²) < 4.78 is 14.6. The molecule has 0 spiro atoms. The minimum atomic E-state index is -2.11. The summed E-state index contributed by atoms with van der Waals surface area (Å²) in [6, 6.07) is 8.60.